The second-order valence-electron chi connectivity index (χ2n) is 5.63. The average Bonchev–Trinajstić information content (AvgIpc) is 2.46. The lowest BCUT2D eigenvalue weighted by atomic mass is 9.95. The Morgan fingerprint density at radius 1 is 1.35 bits per heavy atom. The molecule has 108 valence electrons. The van der Waals surface area contributed by atoms with Gasteiger partial charge in [0.15, 0.2) is 0 Å². The molecule has 1 fully saturated rings. The number of anilines is 2. The van der Waals surface area contributed by atoms with Gasteiger partial charge >= 0.3 is 0 Å². The second kappa shape index (κ2) is 5.42. The van der Waals surface area contributed by atoms with Crippen LogP contribution in [-0.4, -0.2) is 43.2 Å². The summed E-state index contributed by atoms with van der Waals surface area (Å²) < 4.78 is 5.39. The van der Waals surface area contributed by atoms with Crippen LogP contribution in [0.2, 0.25) is 0 Å². The highest BCUT2D eigenvalue weighted by atomic mass is 16.5. The van der Waals surface area contributed by atoms with Crippen molar-refractivity contribution in [3.05, 3.63) is 23.8 Å². The number of nitrogen functional groups attached to an aromatic ring is 1. The van der Waals surface area contributed by atoms with Gasteiger partial charge in [-0.3, -0.25) is 9.69 Å². The lowest BCUT2D eigenvalue weighted by Crippen LogP contribution is -2.51. The molecular weight excluding hydrogens is 254 g/mol. The van der Waals surface area contributed by atoms with Gasteiger partial charge in [-0.15, -0.1) is 0 Å². The van der Waals surface area contributed by atoms with Gasteiger partial charge in [0.1, 0.15) is 0 Å². The number of fused-ring (bicyclic) bond motifs is 1. The Balaban J connectivity index is 1.77. The fourth-order valence-corrected chi connectivity index (χ4v) is 3.08. The fraction of sp³-hybridized carbons (Fsp3) is 0.533. The van der Waals surface area contributed by atoms with E-state index in [9.17, 15) is 4.79 Å². The summed E-state index contributed by atoms with van der Waals surface area (Å²) in [5, 5.41) is 2.98. The van der Waals surface area contributed by atoms with Gasteiger partial charge in [-0.2, -0.15) is 0 Å². The fourth-order valence-electron chi connectivity index (χ4n) is 3.08. The van der Waals surface area contributed by atoms with E-state index in [4.69, 9.17) is 10.5 Å². The van der Waals surface area contributed by atoms with E-state index in [1.54, 1.807) is 0 Å². The summed E-state index contributed by atoms with van der Waals surface area (Å²) in [5.41, 5.74) is 8.45. The van der Waals surface area contributed by atoms with Gasteiger partial charge in [0, 0.05) is 30.6 Å². The van der Waals surface area contributed by atoms with Crippen molar-refractivity contribution in [1.29, 1.82) is 0 Å². The van der Waals surface area contributed by atoms with Crippen molar-refractivity contribution in [2.45, 2.75) is 31.3 Å². The number of carbonyl (C=O) groups excluding carboxylic acids is 1. The molecule has 0 saturated carbocycles. The molecule has 1 aromatic rings. The number of rotatable bonds is 2. The maximum atomic E-state index is 12.3. The van der Waals surface area contributed by atoms with Crippen molar-refractivity contribution in [3.8, 4) is 0 Å². The first-order chi connectivity index (χ1) is 9.65. The van der Waals surface area contributed by atoms with Crippen LogP contribution in [0.1, 0.15) is 18.4 Å². The Bertz CT molecular complexity index is 512. The third-order valence-corrected chi connectivity index (χ3v) is 4.37. The molecule has 2 aliphatic rings. The van der Waals surface area contributed by atoms with Gasteiger partial charge in [-0.05, 0) is 44.0 Å². The van der Waals surface area contributed by atoms with E-state index < -0.39 is 0 Å². The van der Waals surface area contributed by atoms with E-state index in [-0.39, 0.29) is 11.9 Å². The van der Waals surface area contributed by atoms with Crippen LogP contribution in [0.15, 0.2) is 18.2 Å². The second-order valence-corrected chi connectivity index (χ2v) is 5.63. The van der Waals surface area contributed by atoms with Crippen molar-refractivity contribution in [1.82, 2.24) is 4.90 Å². The number of carbonyl (C=O) groups is 1. The third kappa shape index (κ3) is 2.51. The standard InChI is InChI=1S/C15H21N3O2/c1-18(12-4-6-20-7-5-12)14-8-10-2-3-11(16)9-13(10)17-15(14)19/h2-3,9,12,14H,4-8,16H2,1H3,(H,17,19). The average molecular weight is 275 g/mol. The molecule has 1 aromatic carbocycles. The normalized spacial score (nSPS) is 23.5. The van der Waals surface area contributed by atoms with Gasteiger partial charge in [-0.25, -0.2) is 0 Å². The molecule has 1 amide bonds. The number of likely N-dealkylation sites (N-methyl/N-ethyl adjacent to an activating group) is 1. The van der Waals surface area contributed by atoms with Gasteiger partial charge in [0.25, 0.3) is 0 Å². The molecular formula is C15H21N3O2. The zero-order valence-electron chi connectivity index (χ0n) is 11.8. The Labute approximate surface area is 119 Å². The van der Waals surface area contributed by atoms with E-state index >= 15 is 0 Å². The molecule has 5 heteroatoms. The first-order valence-corrected chi connectivity index (χ1v) is 7.14. The summed E-state index contributed by atoms with van der Waals surface area (Å²) in [6, 6.07) is 6.05. The van der Waals surface area contributed by atoms with E-state index in [0.717, 1.165) is 43.7 Å². The van der Waals surface area contributed by atoms with Crippen molar-refractivity contribution in [3.63, 3.8) is 0 Å². The monoisotopic (exact) mass is 275 g/mol. The minimum atomic E-state index is -0.103. The molecule has 2 aliphatic heterocycles. The summed E-state index contributed by atoms with van der Waals surface area (Å²) >= 11 is 0. The largest absolute Gasteiger partial charge is 0.399 e. The minimum Gasteiger partial charge on any atom is -0.399 e. The number of nitrogens with two attached hydrogens (primary N) is 1. The zero-order valence-corrected chi connectivity index (χ0v) is 11.8. The van der Waals surface area contributed by atoms with Crippen molar-refractivity contribution in [2.75, 3.05) is 31.3 Å². The summed E-state index contributed by atoms with van der Waals surface area (Å²) in [7, 11) is 2.04. The highest BCUT2D eigenvalue weighted by Gasteiger charge is 2.33. The Morgan fingerprint density at radius 3 is 2.85 bits per heavy atom. The van der Waals surface area contributed by atoms with Crippen LogP contribution in [0.4, 0.5) is 11.4 Å². The van der Waals surface area contributed by atoms with E-state index in [1.807, 2.05) is 25.2 Å². The molecule has 0 bridgehead atoms. The SMILES string of the molecule is CN(C1CCOCC1)C1Cc2ccc(N)cc2NC1=O. The van der Waals surface area contributed by atoms with Gasteiger partial charge in [0.2, 0.25) is 5.91 Å². The summed E-state index contributed by atoms with van der Waals surface area (Å²) in [6.45, 7) is 1.58. The molecule has 2 heterocycles. The minimum absolute atomic E-state index is 0.0668. The molecule has 1 atom stereocenters. The highest BCUT2D eigenvalue weighted by molar-refractivity contribution is 5.98. The van der Waals surface area contributed by atoms with Gasteiger partial charge in [-0.1, -0.05) is 6.07 Å². The summed E-state index contributed by atoms with van der Waals surface area (Å²) in [4.78, 5) is 14.5. The van der Waals surface area contributed by atoms with Crippen LogP contribution in [0.3, 0.4) is 0 Å². The number of hydrogen-bond donors (Lipinski definition) is 2. The lowest BCUT2D eigenvalue weighted by molar-refractivity contribution is -0.122. The van der Waals surface area contributed by atoms with Crippen molar-refractivity contribution < 1.29 is 9.53 Å². The third-order valence-electron chi connectivity index (χ3n) is 4.37. The highest BCUT2D eigenvalue weighted by Crippen LogP contribution is 2.28. The number of nitrogens with one attached hydrogen (secondary N) is 1. The maximum absolute atomic E-state index is 12.3. The van der Waals surface area contributed by atoms with E-state index in [1.165, 1.54) is 0 Å². The van der Waals surface area contributed by atoms with E-state index in [0.29, 0.717) is 11.7 Å². The van der Waals surface area contributed by atoms with Crippen LogP contribution < -0.4 is 11.1 Å². The lowest BCUT2D eigenvalue weighted by Gasteiger charge is -2.38. The molecule has 1 unspecified atom stereocenters. The first kappa shape index (κ1) is 13.4. The number of ether oxygens (including phenoxy) is 1. The number of benzene rings is 1. The number of nitrogens with zero attached hydrogens (tertiary/aromatic N) is 1. The quantitative estimate of drug-likeness (QED) is 0.797. The van der Waals surface area contributed by atoms with Crippen LogP contribution in [0.25, 0.3) is 0 Å². The molecule has 0 radical (unpaired) electrons. The van der Waals surface area contributed by atoms with Crippen molar-refractivity contribution >= 4 is 17.3 Å². The molecule has 20 heavy (non-hydrogen) atoms. The zero-order chi connectivity index (χ0) is 14.1. The van der Waals surface area contributed by atoms with Crippen LogP contribution >= 0.6 is 0 Å². The molecule has 3 N–H and O–H groups in total. The Hall–Kier alpha value is -1.59. The molecule has 3 rings (SSSR count). The van der Waals surface area contributed by atoms with Gasteiger partial charge < -0.3 is 15.8 Å². The summed E-state index contributed by atoms with van der Waals surface area (Å²) in [6.07, 6.45) is 2.74. The topological polar surface area (TPSA) is 67.6 Å². The molecule has 0 spiro atoms. The van der Waals surface area contributed by atoms with E-state index in [2.05, 4.69) is 10.2 Å². The molecule has 0 aromatic heterocycles. The molecule has 0 aliphatic carbocycles. The smallest absolute Gasteiger partial charge is 0.242 e. The molecule has 1 saturated heterocycles. The Kier molecular flexibility index (Phi) is 3.63. The predicted molar refractivity (Wildman–Crippen MR) is 78.6 cm³/mol. The number of hydrogen-bond acceptors (Lipinski definition) is 4. The van der Waals surface area contributed by atoms with Gasteiger partial charge in [0.05, 0.1) is 6.04 Å². The summed E-state index contributed by atoms with van der Waals surface area (Å²) in [5.74, 6) is 0.0668. The number of amides is 1. The van der Waals surface area contributed by atoms with Crippen molar-refractivity contribution in [2.24, 2.45) is 0 Å². The molecule has 5 nitrogen and oxygen atoms in total. The van der Waals surface area contributed by atoms with Crippen LogP contribution in [0.5, 0.6) is 0 Å². The maximum Gasteiger partial charge on any atom is 0.242 e. The van der Waals surface area contributed by atoms with Crippen LogP contribution in [0, 0.1) is 0 Å². The predicted octanol–water partition coefficient (Wildman–Crippen LogP) is 1.24. The van der Waals surface area contributed by atoms with Crippen LogP contribution in [-0.2, 0) is 16.0 Å². The Morgan fingerprint density at radius 2 is 2.10 bits per heavy atom. The first-order valence-electron chi connectivity index (χ1n) is 7.14.